The molecule has 9 heavy (non-hydrogen) atoms. The van der Waals surface area contributed by atoms with Crippen LogP contribution in [0, 0.1) is 0 Å². The Balaban J connectivity index is 0. The maximum Gasteiger partial charge on any atom is 0.320 e. The summed E-state index contributed by atoms with van der Waals surface area (Å²) in [6.45, 7) is 0. The summed E-state index contributed by atoms with van der Waals surface area (Å²) in [6.07, 6.45) is 0.429. The number of carboxylic acid groups (broad SMARTS) is 1. The second kappa shape index (κ2) is 6.25. The lowest BCUT2D eigenvalue weighted by Crippen LogP contribution is -2.30. The van der Waals surface area contributed by atoms with Crippen LogP contribution in [-0.4, -0.2) is 22.9 Å². The molecule has 0 radical (unpaired) electrons. The molecular formula is C4H11NO2S2. The second-order valence-electron chi connectivity index (χ2n) is 1.46. The maximum atomic E-state index is 9.93. The molecule has 0 aliphatic heterocycles. The zero-order valence-corrected chi connectivity index (χ0v) is 6.77. The van der Waals surface area contributed by atoms with Crippen LogP contribution in [-0.2, 0) is 4.79 Å². The third kappa shape index (κ3) is 6.01. The number of rotatable bonds is 3. The van der Waals surface area contributed by atoms with Gasteiger partial charge in [-0.2, -0.15) is 26.1 Å². The number of carbonyl (C=O) groups is 1. The van der Waals surface area contributed by atoms with E-state index in [0.29, 0.717) is 12.2 Å². The number of carboxylic acids is 1. The van der Waals surface area contributed by atoms with Crippen molar-refractivity contribution in [1.29, 1.82) is 0 Å². The average molecular weight is 169 g/mol. The van der Waals surface area contributed by atoms with Crippen molar-refractivity contribution in [3.8, 4) is 0 Å². The molecule has 0 bridgehead atoms. The van der Waals surface area contributed by atoms with Crippen LogP contribution in [0.5, 0.6) is 0 Å². The Morgan fingerprint density at radius 2 is 2.22 bits per heavy atom. The summed E-state index contributed by atoms with van der Waals surface area (Å²) in [6, 6.07) is -0.743. The predicted octanol–water partition coefficient (Wildman–Crippen LogP) is -0.169. The standard InChI is InChI=1S/C4H9NO2S.H2S/c5-3(1-2-8)4(6)7;/h3,8H,1-2,5H2,(H,6,7);1H2. The number of hydrogen-bond donors (Lipinski definition) is 3. The smallest absolute Gasteiger partial charge is 0.320 e. The van der Waals surface area contributed by atoms with Gasteiger partial charge in [-0.15, -0.1) is 0 Å². The Labute approximate surface area is 66.5 Å². The van der Waals surface area contributed by atoms with Crippen molar-refractivity contribution in [3.05, 3.63) is 0 Å². The van der Waals surface area contributed by atoms with Crippen molar-refractivity contribution >= 4 is 32.1 Å². The summed E-state index contributed by atoms with van der Waals surface area (Å²) in [5, 5.41) is 8.15. The Hall–Kier alpha value is 0.130. The van der Waals surface area contributed by atoms with Gasteiger partial charge < -0.3 is 10.8 Å². The van der Waals surface area contributed by atoms with Crippen molar-refractivity contribution < 1.29 is 9.90 Å². The summed E-state index contributed by atoms with van der Waals surface area (Å²) in [7, 11) is 0. The number of hydrogen-bond acceptors (Lipinski definition) is 3. The molecule has 0 rings (SSSR count). The Morgan fingerprint density at radius 1 is 1.78 bits per heavy atom. The fourth-order valence-corrected chi connectivity index (χ4v) is 0.541. The van der Waals surface area contributed by atoms with Gasteiger partial charge in [0.25, 0.3) is 0 Å². The van der Waals surface area contributed by atoms with E-state index in [2.05, 4.69) is 12.6 Å². The van der Waals surface area contributed by atoms with Crippen LogP contribution in [0.2, 0.25) is 0 Å². The van der Waals surface area contributed by atoms with E-state index < -0.39 is 12.0 Å². The summed E-state index contributed by atoms with van der Waals surface area (Å²) in [5.74, 6) is -0.438. The van der Waals surface area contributed by atoms with Gasteiger partial charge in [0.1, 0.15) is 6.04 Å². The molecule has 56 valence electrons. The fourth-order valence-electron chi connectivity index (χ4n) is 0.263. The summed E-state index contributed by atoms with van der Waals surface area (Å²) >= 11 is 3.81. The van der Waals surface area contributed by atoms with Gasteiger partial charge in [0.15, 0.2) is 0 Å². The lowest BCUT2D eigenvalue weighted by atomic mass is 10.2. The first-order valence-electron chi connectivity index (χ1n) is 2.27. The van der Waals surface area contributed by atoms with E-state index in [9.17, 15) is 4.79 Å². The van der Waals surface area contributed by atoms with Gasteiger partial charge in [-0.3, -0.25) is 4.79 Å². The van der Waals surface area contributed by atoms with E-state index in [1.165, 1.54) is 0 Å². The van der Waals surface area contributed by atoms with Gasteiger partial charge in [0, 0.05) is 0 Å². The summed E-state index contributed by atoms with van der Waals surface area (Å²) in [4.78, 5) is 9.93. The molecule has 0 aromatic carbocycles. The third-order valence-electron chi connectivity index (χ3n) is 0.757. The first-order chi connectivity index (χ1) is 3.68. The molecule has 5 heteroatoms. The minimum absolute atomic E-state index is 0. The molecule has 0 aliphatic rings. The molecule has 0 aliphatic carbocycles. The number of thiol groups is 1. The van der Waals surface area contributed by atoms with E-state index in [1.807, 2.05) is 0 Å². The normalized spacial score (nSPS) is 11.8. The average Bonchev–Trinajstić information content (AvgIpc) is 1.67. The highest BCUT2D eigenvalue weighted by Gasteiger charge is 2.08. The fraction of sp³-hybridized carbons (Fsp3) is 0.750. The zero-order chi connectivity index (χ0) is 6.57. The van der Waals surface area contributed by atoms with Gasteiger partial charge >= 0.3 is 5.97 Å². The van der Waals surface area contributed by atoms with Crippen LogP contribution >= 0.6 is 26.1 Å². The van der Waals surface area contributed by atoms with Crippen LogP contribution in [0.1, 0.15) is 6.42 Å². The SMILES string of the molecule is NC(CCS)C(=O)O.S. The molecule has 0 saturated carbocycles. The Morgan fingerprint density at radius 3 is 2.33 bits per heavy atom. The lowest BCUT2D eigenvalue weighted by molar-refractivity contribution is -0.138. The van der Waals surface area contributed by atoms with Crippen molar-refractivity contribution in [2.24, 2.45) is 5.73 Å². The van der Waals surface area contributed by atoms with Crippen LogP contribution < -0.4 is 5.73 Å². The van der Waals surface area contributed by atoms with E-state index >= 15 is 0 Å². The first kappa shape index (κ1) is 11.9. The predicted molar refractivity (Wildman–Crippen MR) is 44.5 cm³/mol. The zero-order valence-electron chi connectivity index (χ0n) is 4.87. The molecular weight excluding hydrogens is 158 g/mol. The summed E-state index contributed by atoms with van der Waals surface area (Å²) in [5.41, 5.74) is 5.08. The highest BCUT2D eigenvalue weighted by molar-refractivity contribution is 7.80. The minimum Gasteiger partial charge on any atom is -0.480 e. The maximum absolute atomic E-state index is 9.93. The van der Waals surface area contributed by atoms with Crippen LogP contribution in [0.3, 0.4) is 0 Å². The molecule has 0 amide bonds. The molecule has 0 spiro atoms. The van der Waals surface area contributed by atoms with Gasteiger partial charge in [0.2, 0.25) is 0 Å². The highest BCUT2D eigenvalue weighted by atomic mass is 32.1. The van der Waals surface area contributed by atoms with Crippen molar-refractivity contribution in [2.45, 2.75) is 12.5 Å². The van der Waals surface area contributed by atoms with Crippen LogP contribution in [0.25, 0.3) is 0 Å². The Kier molecular flexibility index (Phi) is 8.25. The van der Waals surface area contributed by atoms with E-state index in [0.717, 1.165) is 0 Å². The molecule has 0 aromatic rings. The third-order valence-corrected chi connectivity index (χ3v) is 1.02. The minimum atomic E-state index is -0.959. The quantitative estimate of drug-likeness (QED) is 0.514. The molecule has 0 heterocycles. The molecule has 1 atom stereocenters. The molecule has 0 aromatic heterocycles. The van der Waals surface area contributed by atoms with Crippen LogP contribution in [0.4, 0.5) is 0 Å². The molecule has 0 fully saturated rings. The first-order valence-corrected chi connectivity index (χ1v) is 2.91. The second-order valence-corrected chi connectivity index (χ2v) is 1.90. The summed E-state index contributed by atoms with van der Waals surface area (Å²) < 4.78 is 0. The molecule has 1 unspecified atom stereocenters. The topological polar surface area (TPSA) is 63.3 Å². The van der Waals surface area contributed by atoms with Crippen LogP contribution in [0.15, 0.2) is 0 Å². The molecule has 0 saturated heterocycles. The van der Waals surface area contributed by atoms with E-state index in [-0.39, 0.29) is 13.5 Å². The van der Waals surface area contributed by atoms with E-state index in [4.69, 9.17) is 10.8 Å². The Bertz CT molecular complexity index is 88.6. The number of aliphatic carboxylic acids is 1. The lowest BCUT2D eigenvalue weighted by Gasteiger charge is -2.00. The molecule has 3 nitrogen and oxygen atoms in total. The van der Waals surface area contributed by atoms with Gasteiger partial charge in [-0.1, -0.05) is 0 Å². The van der Waals surface area contributed by atoms with Crippen molar-refractivity contribution in [1.82, 2.24) is 0 Å². The van der Waals surface area contributed by atoms with Crippen molar-refractivity contribution in [3.63, 3.8) is 0 Å². The van der Waals surface area contributed by atoms with Gasteiger partial charge in [0.05, 0.1) is 0 Å². The monoisotopic (exact) mass is 169 g/mol. The number of nitrogens with two attached hydrogens (primary N) is 1. The largest absolute Gasteiger partial charge is 0.480 e. The van der Waals surface area contributed by atoms with Gasteiger partial charge in [-0.25, -0.2) is 0 Å². The van der Waals surface area contributed by atoms with E-state index in [1.54, 1.807) is 0 Å². The van der Waals surface area contributed by atoms with Crippen molar-refractivity contribution in [2.75, 3.05) is 5.75 Å². The molecule has 3 N–H and O–H groups in total. The van der Waals surface area contributed by atoms with Gasteiger partial charge in [-0.05, 0) is 12.2 Å². The highest BCUT2D eigenvalue weighted by Crippen LogP contribution is 1.88.